The van der Waals surface area contributed by atoms with Gasteiger partial charge in [0.05, 0.1) is 5.39 Å². The van der Waals surface area contributed by atoms with Crippen molar-refractivity contribution in [3.63, 3.8) is 0 Å². The first-order valence-electron chi connectivity index (χ1n) is 8.89. The molecule has 140 valence electrons. The van der Waals surface area contributed by atoms with Crippen LogP contribution in [-0.2, 0) is 12.8 Å². The van der Waals surface area contributed by atoms with Gasteiger partial charge in [-0.05, 0) is 41.7 Å². The van der Waals surface area contributed by atoms with Crippen molar-refractivity contribution in [2.45, 2.75) is 18.9 Å². The fraction of sp³-hybridized carbons (Fsp3) is 0.143. The first-order valence-corrected chi connectivity index (χ1v) is 8.89. The maximum absolute atomic E-state index is 13.9. The van der Waals surface area contributed by atoms with Crippen molar-refractivity contribution in [2.24, 2.45) is 0 Å². The number of aromatic hydroxyl groups is 1. The lowest BCUT2D eigenvalue weighted by atomic mass is 10.1. The number of nitrogens with zero attached hydrogens (tertiary/aromatic N) is 3. The minimum absolute atomic E-state index is 0.127. The summed E-state index contributed by atoms with van der Waals surface area (Å²) in [5.41, 5.74) is 10.2. The average Bonchev–Trinajstić information content (AvgIpc) is 3.27. The Morgan fingerprint density at radius 2 is 1.79 bits per heavy atom. The standard InChI is InChI=1S/C21H16F2N4O/c22-16-7-13(8-17(28)19(16)23)15-9-27(21-18(15)20(24)25-10-26-21)14-5-11-3-1-2-4-12(11)6-14/h1-4,7-10,14,28H,5-6H2,(H2,24,25,26). The van der Waals surface area contributed by atoms with Crippen LogP contribution in [0.4, 0.5) is 14.6 Å². The molecule has 0 saturated carbocycles. The van der Waals surface area contributed by atoms with Gasteiger partial charge in [-0.1, -0.05) is 24.3 Å². The zero-order valence-electron chi connectivity index (χ0n) is 14.7. The van der Waals surface area contributed by atoms with Crippen LogP contribution in [0.2, 0.25) is 0 Å². The Morgan fingerprint density at radius 1 is 1.07 bits per heavy atom. The number of fused-ring (bicyclic) bond motifs is 2. The lowest BCUT2D eigenvalue weighted by Crippen LogP contribution is -2.08. The molecule has 0 amide bonds. The van der Waals surface area contributed by atoms with Crippen molar-refractivity contribution in [1.82, 2.24) is 14.5 Å². The van der Waals surface area contributed by atoms with E-state index in [1.807, 2.05) is 22.9 Å². The molecule has 2 heterocycles. The molecule has 5 rings (SSSR count). The summed E-state index contributed by atoms with van der Waals surface area (Å²) < 4.78 is 29.5. The van der Waals surface area contributed by atoms with E-state index in [-0.39, 0.29) is 11.9 Å². The molecule has 7 heteroatoms. The lowest BCUT2D eigenvalue weighted by Gasteiger charge is -2.12. The lowest BCUT2D eigenvalue weighted by molar-refractivity contribution is 0.407. The predicted molar refractivity (Wildman–Crippen MR) is 102 cm³/mol. The van der Waals surface area contributed by atoms with Crippen molar-refractivity contribution in [2.75, 3.05) is 5.73 Å². The fourth-order valence-electron chi connectivity index (χ4n) is 4.07. The number of nitrogens with two attached hydrogens (primary N) is 1. The molecule has 3 N–H and O–H groups in total. The third kappa shape index (κ3) is 2.43. The Morgan fingerprint density at radius 3 is 2.46 bits per heavy atom. The molecule has 0 atom stereocenters. The van der Waals surface area contributed by atoms with Gasteiger partial charge >= 0.3 is 0 Å². The maximum Gasteiger partial charge on any atom is 0.200 e. The minimum Gasteiger partial charge on any atom is -0.505 e. The molecule has 0 fully saturated rings. The van der Waals surface area contributed by atoms with Crippen LogP contribution in [0, 0.1) is 11.6 Å². The van der Waals surface area contributed by atoms with E-state index in [9.17, 15) is 13.9 Å². The van der Waals surface area contributed by atoms with Gasteiger partial charge in [0, 0.05) is 17.8 Å². The molecule has 4 aromatic rings. The number of nitrogen functional groups attached to an aromatic ring is 1. The van der Waals surface area contributed by atoms with Crippen LogP contribution < -0.4 is 5.73 Å². The van der Waals surface area contributed by atoms with Crippen LogP contribution in [0.3, 0.4) is 0 Å². The SMILES string of the molecule is Nc1ncnc2c1c(-c1cc(O)c(F)c(F)c1)cn2C1Cc2ccccc2C1. The molecule has 2 aromatic heterocycles. The van der Waals surface area contributed by atoms with Gasteiger partial charge in [0.15, 0.2) is 17.4 Å². The Bertz CT molecular complexity index is 1190. The zero-order valence-corrected chi connectivity index (χ0v) is 14.7. The van der Waals surface area contributed by atoms with Crippen molar-refractivity contribution in [1.29, 1.82) is 0 Å². The van der Waals surface area contributed by atoms with E-state index in [2.05, 4.69) is 22.1 Å². The van der Waals surface area contributed by atoms with E-state index < -0.39 is 17.4 Å². The number of anilines is 1. The summed E-state index contributed by atoms with van der Waals surface area (Å²) in [5.74, 6) is -2.90. The number of phenols is 1. The molecule has 28 heavy (non-hydrogen) atoms. The highest BCUT2D eigenvalue weighted by Crippen LogP contribution is 2.39. The molecular formula is C21H16F2N4O. The summed E-state index contributed by atoms with van der Waals surface area (Å²) in [4.78, 5) is 8.46. The Balaban J connectivity index is 1.70. The summed E-state index contributed by atoms with van der Waals surface area (Å²) >= 11 is 0. The van der Waals surface area contributed by atoms with E-state index in [4.69, 9.17) is 5.73 Å². The smallest absolute Gasteiger partial charge is 0.200 e. The summed E-state index contributed by atoms with van der Waals surface area (Å²) in [6.07, 6.45) is 4.90. The number of rotatable bonds is 2. The molecule has 0 aliphatic heterocycles. The molecule has 1 aliphatic rings. The van der Waals surface area contributed by atoms with Gasteiger partial charge in [0.2, 0.25) is 0 Å². The van der Waals surface area contributed by atoms with Crippen molar-refractivity contribution in [3.8, 4) is 16.9 Å². The van der Waals surface area contributed by atoms with Gasteiger partial charge in [-0.15, -0.1) is 0 Å². The van der Waals surface area contributed by atoms with Crippen molar-refractivity contribution in [3.05, 3.63) is 71.7 Å². The zero-order chi connectivity index (χ0) is 19.4. The largest absolute Gasteiger partial charge is 0.505 e. The van der Waals surface area contributed by atoms with E-state index >= 15 is 0 Å². The van der Waals surface area contributed by atoms with Crippen LogP contribution in [0.25, 0.3) is 22.2 Å². The second-order valence-corrected chi connectivity index (χ2v) is 7.03. The number of hydrogen-bond acceptors (Lipinski definition) is 4. The molecule has 2 aromatic carbocycles. The van der Waals surface area contributed by atoms with Crippen LogP contribution >= 0.6 is 0 Å². The third-order valence-electron chi connectivity index (χ3n) is 5.38. The highest BCUT2D eigenvalue weighted by Gasteiger charge is 2.26. The monoisotopic (exact) mass is 378 g/mol. The summed E-state index contributed by atoms with van der Waals surface area (Å²) in [6, 6.07) is 10.6. The van der Waals surface area contributed by atoms with Crippen molar-refractivity contribution < 1.29 is 13.9 Å². The van der Waals surface area contributed by atoms with Crippen LogP contribution in [0.1, 0.15) is 17.2 Å². The Hall–Kier alpha value is -3.48. The first kappa shape index (κ1) is 16.7. The maximum atomic E-state index is 13.9. The predicted octanol–water partition coefficient (Wildman–Crippen LogP) is 4.00. The van der Waals surface area contributed by atoms with Gasteiger partial charge in [0.1, 0.15) is 17.8 Å². The highest BCUT2D eigenvalue weighted by molar-refractivity contribution is 6.00. The number of phenolic OH excluding ortho intramolecular Hbond substituents is 1. The molecule has 0 unspecified atom stereocenters. The normalized spacial score (nSPS) is 13.9. The minimum atomic E-state index is -1.28. The summed E-state index contributed by atoms with van der Waals surface area (Å²) in [7, 11) is 0. The van der Waals surface area contributed by atoms with Gasteiger partial charge in [-0.3, -0.25) is 0 Å². The average molecular weight is 378 g/mol. The number of benzene rings is 2. The van der Waals surface area contributed by atoms with Gasteiger partial charge in [-0.2, -0.15) is 4.39 Å². The number of aromatic nitrogens is 3. The summed E-state index contributed by atoms with van der Waals surface area (Å²) in [5, 5.41) is 10.3. The first-order chi connectivity index (χ1) is 13.5. The molecule has 0 spiro atoms. The fourth-order valence-corrected chi connectivity index (χ4v) is 4.07. The van der Waals surface area contributed by atoms with E-state index in [0.29, 0.717) is 22.2 Å². The van der Waals surface area contributed by atoms with E-state index in [1.165, 1.54) is 23.5 Å². The highest BCUT2D eigenvalue weighted by atomic mass is 19.2. The topological polar surface area (TPSA) is 77.0 Å². The molecule has 0 saturated heterocycles. The second kappa shape index (κ2) is 6.02. The molecule has 5 nitrogen and oxygen atoms in total. The van der Waals surface area contributed by atoms with Gasteiger partial charge < -0.3 is 15.4 Å². The Labute approximate surface area is 159 Å². The molecular weight excluding hydrogens is 362 g/mol. The molecule has 0 bridgehead atoms. The van der Waals surface area contributed by atoms with Gasteiger partial charge in [-0.25, -0.2) is 14.4 Å². The second-order valence-electron chi connectivity index (χ2n) is 7.03. The quantitative estimate of drug-likeness (QED) is 0.553. The van der Waals surface area contributed by atoms with Crippen LogP contribution in [0.5, 0.6) is 5.75 Å². The van der Waals surface area contributed by atoms with E-state index in [0.717, 1.165) is 18.9 Å². The van der Waals surface area contributed by atoms with Crippen LogP contribution in [0.15, 0.2) is 48.9 Å². The molecule has 0 radical (unpaired) electrons. The number of hydrogen-bond donors (Lipinski definition) is 2. The van der Waals surface area contributed by atoms with Gasteiger partial charge in [0.25, 0.3) is 0 Å². The van der Waals surface area contributed by atoms with Crippen molar-refractivity contribution >= 4 is 16.9 Å². The Kier molecular flexibility index (Phi) is 3.58. The summed E-state index contributed by atoms with van der Waals surface area (Å²) in [6.45, 7) is 0. The van der Waals surface area contributed by atoms with Crippen LogP contribution in [-0.4, -0.2) is 19.6 Å². The third-order valence-corrected chi connectivity index (χ3v) is 5.38. The number of halogens is 2. The van der Waals surface area contributed by atoms with E-state index in [1.54, 1.807) is 0 Å². The molecule has 1 aliphatic carbocycles.